The molecule has 0 aliphatic carbocycles. The fourth-order valence-corrected chi connectivity index (χ4v) is 1.27. The Morgan fingerprint density at radius 2 is 1.88 bits per heavy atom. The Kier molecular flexibility index (Phi) is 2.25. The molecule has 0 spiro atoms. The Balaban J connectivity index is 2.54. The van der Waals surface area contributed by atoms with Gasteiger partial charge in [0.15, 0.2) is 5.65 Å². The summed E-state index contributed by atoms with van der Waals surface area (Å²) in [7, 11) is 3.51. The molecule has 2 aromatic heterocycles. The van der Waals surface area contributed by atoms with E-state index in [4.69, 9.17) is 0 Å². The highest BCUT2D eigenvalue weighted by Crippen LogP contribution is 2.28. The molecule has 0 unspecified atom stereocenters. The third-order valence-corrected chi connectivity index (χ3v) is 2.06. The van der Waals surface area contributed by atoms with Crippen molar-refractivity contribution in [3.63, 3.8) is 0 Å². The SMILES string of the molecule is CN(C)c1ccc2[nH]c(C(F)(F)F)nc2n1. The standard InChI is InChI=1S/C9H9F3N4/c1-16(2)6-4-3-5-7(14-6)15-8(13-5)9(10,11)12/h3-4H,1-2H3,(H,13,14,15). The van der Waals surface area contributed by atoms with Gasteiger partial charge in [-0.2, -0.15) is 13.2 Å². The van der Waals surface area contributed by atoms with E-state index < -0.39 is 12.0 Å². The van der Waals surface area contributed by atoms with E-state index in [-0.39, 0.29) is 11.2 Å². The number of rotatable bonds is 1. The van der Waals surface area contributed by atoms with Crippen molar-refractivity contribution in [1.29, 1.82) is 0 Å². The summed E-state index contributed by atoms with van der Waals surface area (Å²) < 4.78 is 37.1. The molecule has 0 aliphatic rings. The highest BCUT2D eigenvalue weighted by atomic mass is 19.4. The second-order valence-electron chi connectivity index (χ2n) is 3.52. The van der Waals surface area contributed by atoms with Crippen molar-refractivity contribution in [2.75, 3.05) is 19.0 Å². The largest absolute Gasteiger partial charge is 0.449 e. The first kappa shape index (κ1) is 10.7. The number of anilines is 1. The molecule has 2 heterocycles. The number of hydrogen-bond acceptors (Lipinski definition) is 3. The number of alkyl halides is 3. The number of halogens is 3. The molecule has 0 saturated heterocycles. The van der Waals surface area contributed by atoms with Crippen LogP contribution in [0, 0.1) is 0 Å². The van der Waals surface area contributed by atoms with E-state index in [1.54, 1.807) is 25.1 Å². The third-order valence-electron chi connectivity index (χ3n) is 2.06. The van der Waals surface area contributed by atoms with E-state index in [1.165, 1.54) is 6.07 Å². The van der Waals surface area contributed by atoms with Crippen LogP contribution in [0.5, 0.6) is 0 Å². The summed E-state index contributed by atoms with van der Waals surface area (Å²) in [5, 5.41) is 0. The van der Waals surface area contributed by atoms with Gasteiger partial charge in [-0.3, -0.25) is 0 Å². The number of fused-ring (bicyclic) bond motifs is 1. The van der Waals surface area contributed by atoms with Gasteiger partial charge in [-0.15, -0.1) is 0 Å². The Hall–Kier alpha value is -1.79. The van der Waals surface area contributed by atoms with Crippen molar-refractivity contribution in [2.24, 2.45) is 0 Å². The average Bonchev–Trinajstić information content (AvgIpc) is 2.58. The van der Waals surface area contributed by atoms with Crippen molar-refractivity contribution >= 4 is 17.0 Å². The maximum atomic E-state index is 12.4. The van der Waals surface area contributed by atoms with Crippen molar-refractivity contribution in [3.8, 4) is 0 Å². The summed E-state index contributed by atoms with van der Waals surface area (Å²) in [6, 6.07) is 3.15. The molecule has 86 valence electrons. The molecule has 0 fully saturated rings. The molecule has 2 rings (SSSR count). The highest BCUT2D eigenvalue weighted by Gasteiger charge is 2.34. The Bertz CT molecular complexity index is 515. The second kappa shape index (κ2) is 3.36. The molecule has 1 N–H and O–H groups in total. The van der Waals surface area contributed by atoms with Crippen molar-refractivity contribution in [2.45, 2.75) is 6.18 Å². The van der Waals surface area contributed by atoms with Crippen molar-refractivity contribution in [1.82, 2.24) is 15.0 Å². The number of nitrogens with one attached hydrogen (secondary N) is 1. The summed E-state index contributed by atoms with van der Waals surface area (Å²) in [6.07, 6.45) is -4.47. The molecule has 2 aromatic rings. The van der Waals surface area contributed by atoms with E-state index >= 15 is 0 Å². The summed E-state index contributed by atoms with van der Waals surface area (Å²) in [5.41, 5.74) is 0.344. The van der Waals surface area contributed by atoms with Crippen molar-refractivity contribution < 1.29 is 13.2 Å². The van der Waals surface area contributed by atoms with Gasteiger partial charge < -0.3 is 9.88 Å². The van der Waals surface area contributed by atoms with Gasteiger partial charge in [-0.25, -0.2) is 9.97 Å². The van der Waals surface area contributed by atoms with Gasteiger partial charge in [0.2, 0.25) is 5.82 Å². The second-order valence-corrected chi connectivity index (χ2v) is 3.52. The fraction of sp³-hybridized carbons (Fsp3) is 0.333. The average molecular weight is 230 g/mol. The van der Waals surface area contributed by atoms with E-state index in [1.807, 2.05) is 0 Å². The number of aromatic nitrogens is 3. The number of imidazole rings is 1. The molecule has 0 aliphatic heterocycles. The molecule has 7 heteroatoms. The predicted octanol–water partition coefficient (Wildman–Crippen LogP) is 2.04. The first-order valence-electron chi connectivity index (χ1n) is 4.49. The molecule has 0 amide bonds. The zero-order chi connectivity index (χ0) is 11.9. The smallest absolute Gasteiger partial charge is 0.363 e. The monoisotopic (exact) mass is 230 g/mol. The van der Waals surface area contributed by atoms with Crippen LogP contribution in [-0.2, 0) is 6.18 Å². The first-order chi connectivity index (χ1) is 7.38. The Morgan fingerprint density at radius 3 is 2.44 bits per heavy atom. The third kappa shape index (κ3) is 1.80. The van der Waals surface area contributed by atoms with Gasteiger partial charge in [0.05, 0.1) is 5.52 Å². The van der Waals surface area contributed by atoms with Gasteiger partial charge in [0.1, 0.15) is 5.82 Å². The fourth-order valence-electron chi connectivity index (χ4n) is 1.27. The van der Waals surface area contributed by atoms with Crippen LogP contribution in [0.25, 0.3) is 11.2 Å². The van der Waals surface area contributed by atoms with Gasteiger partial charge in [-0.1, -0.05) is 0 Å². The van der Waals surface area contributed by atoms with Crippen molar-refractivity contribution in [3.05, 3.63) is 18.0 Å². The number of pyridine rings is 1. The molecule has 0 atom stereocenters. The van der Waals surface area contributed by atoms with Crippen LogP contribution >= 0.6 is 0 Å². The van der Waals surface area contributed by atoms with E-state index in [0.29, 0.717) is 5.82 Å². The normalized spacial score (nSPS) is 12.1. The summed E-state index contributed by atoms with van der Waals surface area (Å²) in [4.78, 5) is 11.3. The van der Waals surface area contributed by atoms with Gasteiger partial charge in [0.25, 0.3) is 0 Å². The molecule has 4 nitrogen and oxygen atoms in total. The van der Waals surface area contributed by atoms with Crippen LogP contribution in [0.4, 0.5) is 19.0 Å². The lowest BCUT2D eigenvalue weighted by atomic mass is 10.4. The van der Waals surface area contributed by atoms with Crippen LogP contribution in [0.15, 0.2) is 12.1 Å². The lowest BCUT2D eigenvalue weighted by Crippen LogP contribution is -2.10. The van der Waals surface area contributed by atoms with Crippen LogP contribution in [0.1, 0.15) is 5.82 Å². The molecular formula is C9H9F3N4. The molecule has 0 saturated carbocycles. The quantitative estimate of drug-likeness (QED) is 0.815. The van der Waals surface area contributed by atoms with Gasteiger partial charge in [0, 0.05) is 14.1 Å². The minimum absolute atomic E-state index is 0.0681. The lowest BCUT2D eigenvalue weighted by Gasteiger charge is -2.09. The van der Waals surface area contributed by atoms with Crippen LogP contribution < -0.4 is 4.90 Å². The summed E-state index contributed by atoms with van der Waals surface area (Å²) in [6.45, 7) is 0. The minimum atomic E-state index is -4.47. The van der Waals surface area contributed by atoms with E-state index in [0.717, 1.165) is 0 Å². The van der Waals surface area contributed by atoms with Crippen LogP contribution in [0.3, 0.4) is 0 Å². The number of aromatic amines is 1. The molecular weight excluding hydrogens is 221 g/mol. The first-order valence-corrected chi connectivity index (χ1v) is 4.49. The topological polar surface area (TPSA) is 44.8 Å². The van der Waals surface area contributed by atoms with E-state index in [9.17, 15) is 13.2 Å². The molecule has 0 bridgehead atoms. The lowest BCUT2D eigenvalue weighted by molar-refractivity contribution is -0.144. The maximum absolute atomic E-state index is 12.4. The zero-order valence-corrected chi connectivity index (χ0v) is 8.63. The minimum Gasteiger partial charge on any atom is -0.363 e. The predicted molar refractivity (Wildman–Crippen MR) is 53.2 cm³/mol. The Morgan fingerprint density at radius 1 is 1.19 bits per heavy atom. The van der Waals surface area contributed by atoms with Crippen LogP contribution in [0.2, 0.25) is 0 Å². The molecule has 0 aromatic carbocycles. The number of H-pyrrole nitrogens is 1. The maximum Gasteiger partial charge on any atom is 0.449 e. The van der Waals surface area contributed by atoms with Gasteiger partial charge >= 0.3 is 6.18 Å². The Labute approximate surface area is 89.1 Å². The molecule has 0 radical (unpaired) electrons. The summed E-state index contributed by atoms with van der Waals surface area (Å²) in [5.74, 6) is -0.460. The van der Waals surface area contributed by atoms with Gasteiger partial charge in [-0.05, 0) is 12.1 Å². The zero-order valence-electron chi connectivity index (χ0n) is 8.63. The number of nitrogens with zero attached hydrogens (tertiary/aromatic N) is 3. The van der Waals surface area contributed by atoms with Crippen LogP contribution in [-0.4, -0.2) is 29.0 Å². The van der Waals surface area contributed by atoms with E-state index in [2.05, 4.69) is 15.0 Å². The number of hydrogen-bond donors (Lipinski definition) is 1. The highest BCUT2D eigenvalue weighted by molar-refractivity contribution is 5.73. The molecule has 16 heavy (non-hydrogen) atoms. The summed E-state index contributed by atoms with van der Waals surface area (Å²) >= 11 is 0.